The zero-order valence-corrected chi connectivity index (χ0v) is 16.5. The Morgan fingerprint density at radius 3 is 2.62 bits per heavy atom. The molecule has 1 saturated heterocycles. The molecule has 152 valence electrons. The molecule has 1 aliphatic carbocycles. The van der Waals surface area contributed by atoms with Crippen LogP contribution in [0.2, 0.25) is 0 Å². The first kappa shape index (κ1) is 19.2. The van der Waals surface area contributed by atoms with Crippen molar-refractivity contribution in [2.45, 2.75) is 38.3 Å². The Labute approximate surface area is 169 Å². The van der Waals surface area contributed by atoms with E-state index in [0.717, 1.165) is 24.9 Å². The van der Waals surface area contributed by atoms with Gasteiger partial charge < -0.3 is 15.0 Å². The number of anilines is 1. The van der Waals surface area contributed by atoms with Crippen LogP contribution in [0.3, 0.4) is 0 Å². The van der Waals surface area contributed by atoms with Crippen molar-refractivity contribution in [2.24, 2.45) is 0 Å². The third-order valence-electron chi connectivity index (χ3n) is 5.55. The lowest BCUT2D eigenvalue weighted by atomic mass is 10.2. The number of hydrogen-bond donors (Lipinski definition) is 1. The molecule has 0 unspecified atom stereocenters. The molecule has 1 N–H and O–H groups in total. The van der Waals surface area contributed by atoms with E-state index >= 15 is 0 Å². The Morgan fingerprint density at radius 2 is 1.97 bits per heavy atom. The van der Waals surface area contributed by atoms with Crippen LogP contribution < -0.4 is 15.0 Å². The molecule has 2 aromatic rings. The third-order valence-corrected chi connectivity index (χ3v) is 5.55. The van der Waals surface area contributed by atoms with Gasteiger partial charge in [0.25, 0.3) is 5.91 Å². The SMILES string of the molecule is COc1ccc(C(=O)NCc2ccc(N3CCN(C4CCCC4)C3=O)nc2)cn1. The smallest absolute Gasteiger partial charge is 0.326 e. The van der Waals surface area contributed by atoms with Crippen LogP contribution in [0.15, 0.2) is 36.7 Å². The molecule has 3 amide bonds. The van der Waals surface area contributed by atoms with E-state index in [0.29, 0.717) is 36.4 Å². The molecule has 0 atom stereocenters. The van der Waals surface area contributed by atoms with Gasteiger partial charge in [-0.05, 0) is 30.5 Å². The topological polar surface area (TPSA) is 87.7 Å². The van der Waals surface area contributed by atoms with Crippen molar-refractivity contribution in [2.75, 3.05) is 25.1 Å². The summed E-state index contributed by atoms with van der Waals surface area (Å²) in [6.07, 6.45) is 7.81. The number of urea groups is 1. The normalized spacial score (nSPS) is 17.1. The van der Waals surface area contributed by atoms with Gasteiger partial charge in [0.1, 0.15) is 5.82 Å². The third kappa shape index (κ3) is 4.16. The van der Waals surface area contributed by atoms with E-state index in [2.05, 4.69) is 15.3 Å². The number of amides is 3. The maximum Gasteiger partial charge on any atom is 0.326 e. The van der Waals surface area contributed by atoms with Crippen LogP contribution in [0, 0.1) is 0 Å². The van der Waals surface area contributed by atoms with Crippen molar-refractivity contribution in [3.05, 3.63) is 47.8 Å². The summed E-state index contributed by atoms with van der Waals surface area (Å²) in [6, 6.07) is 7.48. The lowest BCUT2D eigenvalue weighted by Gasteiger charge is -2.23. The van der Waals surface area contributed by atoms with Crippen LogP contribution >= 0.6 is 0 Å². The molecule has 2 aromatic heterocycles. The van der Waals surface area contributed by atoms with E-state index in [9.17, 15) is 9.59 Å². The quantitative estimate of drug-likeness (QED) is 0.812. The second-order valence-corrected chi connectivity index (χ2v) is 7.36. The molecule has 1 saturated carbocycles. The van der Waals surface area contributed by atoms with E-state index in [4.69, 9.17) is 4.74 Å². The van der Waals surface area contributed by atoms with Crippen LogP contribution in [0.4, 0.5) is 10.6 Å². The Bertz CT molecular complexity index is 863. The molecule has 8 nitrogen and oxygen atoms in total. The Balaban J connectivity index is 1.33. The zero-order chi connectivity index (χ0) is 20.2. The number of carbonyl (C=O) groups excluding carboxylic acids is 2. The van der Waals surface area contributed by atoms with Gasteiger partial charge in [0.15, 0.2) is 0 Å². The van der Waals surface area contributed by atoms with Gasteiger partial charge in [-0.15, -0.1) is 0 Å². The highest BCUT2D eigenvalue weighted by atomic mass is 16.5. The van der Waals surface area contributed by atoms with E-state index in [-0.39, 0.29) is 11.9 Å². The minimum absolute atomic E-state index is 0.0532. The van der Waals surface area contributed by atoms with Gasteiger partial charge in [-0.3, -0.25) is 9.69 Å². The van der Waals surface area contributed by atoms with Gasteiger partial charge in [-0.1, -0.05) is 18.9 Å². The van der Waals surface area contributed by atoms with E-state index < -0.39 is 0 Å². The van der Waals surface area contributed by atoms with Crippen molar-refractivity contribution in [3.8, 4) is 5.88 Å². The second-order valence-electron chi connectivity index (χ2n) is 7.36. The van der Waals surface area contributed by atoms with Gasteiger partial charge in [0.05, 0.1) is 12.7 Å². The second kappa shape index (κ2) is 8.46. The summed E-state index contributed by atoms with van der Waals surface area (Å²) in [5.41, 5.74) is 1.33. The number of nitrogens with one attached hydrogen (secondary N) is 1. The van der Waals surface area contributed by atoms with Crippen LogP contribution in [0.25, 0.3) is 0 Å². The number of aromatic nitrogens is 2. The van der Waals surface area contributed by atoms with Gasteiger partial charge in [-0.25, -0.2) is 14.8 Å². The van der Waals surface area contributed by atoms with Crippen LogP contribution in [-0.4, -0.2) is 53.0 Å². The van der Waals surface area contributed by atoms with Gasteiger partial charge in [0.2, 0.25) is 5.88 Å². The maximum atomic E-state index is 12.7. The Kier molecular flexibility index (Phi) is 5.59. The van der Waals surface area contributed by atoms with Crippen molar-refractivity contribution in [1.82, 2.24) is 20.2 Å². The first-order valence-electron chi connectivity index (χ1n) is 9.97. The highest BCUT2D eigenvalue weighted by Gasteiger charge is 2.36. The molecule has 2 aliphatic rings. The fraction of sp³-hybridized carbons (Fsp3) is 0.429. The lowest BCUT2D eigenvalue weighted by Crippen LogP contribution is -2.38. The molecule has 2 fully saturated rings. The molecule has 29 heavy (non-hydrogen) atoms. The minimum Gasteiger partial charge on any atom is -0.481 e. The predicted octanol–water partition coefficient (Wildman–Crippen LogP) is 2.60. The largest absolute Gasteiger partial charge is 0.481 e. The summed E-state index contributed by atoms with van der Waals surface area (Å²) in [5, 5.41) is 2.85. The summed E-state index contributed by atoms with van der Waals surface area (Å²) >= 11 is 0. The number of nitrogens with zero attached hydrogens (tertiary/aromatic N) is 4. The standard InChI is InChI=1S/C21H25N5O3/c1-29-19-9-7-16(14-23-19)20(27)24-13-15-6-8-18(22-12-15)26-11-10-25(21(26)28)17-4-2-3-5-17/h6-9,12,14,17H,2-5,10-11,13H2,1H3,(H,24,27). The van der Waals surface area contributed by atoms with E-state index in [1.54, 1.807) is 23.2 Å². The molecule has 0 aromatic carbocycles. The molecule has 1 aliphatic heterocycles. The average molecular weight is 395 g/mol. The first-order valence-corrected chi connectivity index (χ1v) is 9.97. The average Bonchev–Trinajstić information content (AvgIpc) is 3.42. The van der Waals surface area contributed by atoms with Gasteiger partial charge in [0, 0.05) is 44.1 Å². The highest BCUT2D eigenvalue weighted by molar-refractivity contribution is 5.94. The van der Waals surface area contributed by atoms with Crippen LogP contribution in [-0.2, 0) is 6.54 Å². The molecule has 0 bridgehead atoms. The first-order chi connectivity index (χ1) is 14.2. The Morgan fingerprint density at radius 1 is 1.14 bits per heavy atom. The molecule has 0 spiro atoms. The molecular formula is C21H25N5O3. The molecular weight excluding hydrogens is 370 g/mol. The number of carbonyl (C=O) groups is 2. The lowest BCUT2D eigenvalue weighted by molar-refractivity contribution is 0.0950. The summed E-state index contributed by atoms with van der Waals surface area (Å²) < 4.78 is 4.99. The summed E-state index contributed by atoms with van der Waals surface area (Å²) in [4.78, 5) is 37.2. The predicted molar refractivity (Wildman–Crippen MR) is 108 cm³/mol. The van der Waals surface area contributed by atoms with Crippen LogP contribution in [0.1, 0.15) is 41.6 Å². The summed E-state index contributed by atoms with van der Waals surface area (Å²) in [6.45, 7) is 1.78. The number of hydrogen-bond acceptors (Lipinski definition) is 5. The van der Waals surface area contributed by atoms with Gasteiger partial charge in [-0.2, -0.15) is 0 Å². The molecule has 3 heterocycles. The van der Waals surface area contributed by atoms with Gasteiger partial charge >= 0.3 is 6.03 Å². The summed E-state index contributed by atoms with van der Waals surface area (Å²) in [7, 11) is 1.53. The number of methoxy groups -OCH3 is 1. The maximum absolute atomic E-state index is 12.7. The van der Waals surface area contributed by atoms with Crippen molar-refractivity contribution in [1.29, 1.82) is 0 Å². The van der Waals surface area contributed by atoms with E-state index in [1.807, 2.05) is 17.0 Å². The molecule has 8 heteroatoms. The van der Waals surface area contributed by atoms with Crippen molar-refractivity contribution in [3.63, 3.8) is 0 Å². The molecule has 4 rings (SSSR count). The highest BCUT2D eigenvalue weighted by Crippen LogP contribution is 2.28. The minimum atomic E-state index is -0.217. The van der Waals surface area contributed by atoms with Crippen LogP contribution in [0.5, 0.6) is 5.88 Å². The number of pyridine rings is 2. The Hall–Kier alpha value is -3.16. The monoisotopic (exact) mass is 395 g/mol. The molecule has 0 radical (unpaired) electrons. The number of rotatable bonds is 6. The zero-order valence-electron chi connectivity index (χ0n) is 16.5. The fourth-order valence-corrected chi connectivity index (χ4v) is 3.92. The van der Waals surface area contributed by atoms with Crippen molar-refractivity contribution >= 4 is 17.8 Å². The van der Waals surface area contributed by atoms with E-state index in [1.165, 1.54) is 26.1 Å². The fourth-order valence-electron chi connectivity index (χ4n) is 3.92. The van der Waals surface area contributed by atoms with Crippen molar-refractivity contribution < 1.29 is 14.3 Å². The summed E-state index contributed by atoms with van der Waals surface area (Å²) in [5.74, 6) is 0.903. The number of ether oxygens (including phenoxy) is 1.